The molecule has 8 heteroatoms. The van der Waals surface area contributed by atoms with E-state index in [1.807, 2.05) is 6.07 Å². The molecule has 3 N–H and O–H groups in total. The van der Waals surface area contributed by atoms with Gasteiger partial charge in [0.15, 0.2) is 0 Å². The maximum Gasteiger partial charge on any atom is 0.271 e. The Hall–Kier alpha value is -3.00. The molecule has 24 heavy (non-hydrogen) atoms. The zero-order valence-corrected chi connectivity index (χ0v) is 13.5. The van der Waals surface area contributed by atoms with Gasteiger partial charge in [-0.1, -0.05) is 6.07 Å². The number of ether oxygens (including phenoxy) is 1. The molecule has 0 spiro atoms. The largest absolute Gasteiger partial charge is 0.383 e. The van der Waals surface area contributed by atoms with E-state index in [0.29, 0.717) is 24.7 Å². The molecule has 2 rings (SSSR count). The van der Waals surface area contributed by atoms with Crippen molar-refractivity contribution in [1.82, 2.24) is 15.3 Å². The zero-order chi connectivity index (χ0) is 17.4. The molecule has 0 aliphatic rings. The highest BCUT2D eigenvalue weighted by atomic mass is 16.5. The number of rotatable bonds is 7. The molecule has 2 aromatic rings. The van der Waals surface area contributed by atoms with Crippen LogP contribution in [0.2, 0.25) is 0 Å². The molecular formula is C16H19N5O3. The minimum atomic E-state index is -0.307. The Labute approximate surface area is 139 Å². The van der Waals surface area contributed by atoms with Gasteiger partial charge in [-0.2, -0.15) is 0 Å². The molecule has 0 saturated heterocycles. The van der Waals surface area contributed by atoms with Gasteiger partial charge in [-0.25, -0.2) is 9.97 Å². The van der Waals surface area contributed by atoms with Crippen molar-refractivity contribution in [2.24, 2.45) is 0 Å². The summed E-state index contributed by atoms with van der Waals surface area (Å²) in [6, 6.07) is 7.19. The number of carbonyl (C=O) groups is 2. The lowest BCUT2D eigenvalue weighted by atomic mass is 10.2. The highest BCUT2D eigenvalue weighted by Crippen LogP contribution is 2.18. The fraction of sp³-hybridized carbons (Fsp3) is 0.250. The summed E-state index contributed by atoms with van der Waals surface area (Å²) in [5.41, 5.74) is 1.64. The van der Waals surface area contributed by atoms with Crippen molar-refractivity contribution in [2.75, 3.05) is 30.9 Å². The van der Waals surface area contributed by atoms with Crippen LogP contribution in [-0.4, -0.2) is 42.0 Å². The highest BCUT2D eigenvalue weighted by Gasteiger charge is 2.07. The molecule has 0 radical (unpaired) electrons. The van der Waals surface area contributed by atoms with Crippen LogP contribution in [0, 0.1) is 0 Å². The van der Waals surface area contributed by atoms with E-state index in [2.05, 4.69) is 25.9 Å². The monoisotopic (exact) mass is 329 g/mol. The normalized spacial score (nSPS) is 10.1. The lowest BCUT2D eigenvalue weighted by Crippen LogP contribution is -2.27. The van der Waals surface area contributed by atoms with Crippen LogP contribution in [0.5, 0.6) is 0 Å². The number of hydrogen-bond donors (Lipinski definition) is 3. The quantitative estimate of drug-likeness (QED) is 0.666. The van der Waals surface area contributed by atoms with Gasteiger partial charge in [-0.05, 0) is 18.2 Å². The molecule has 1 aromatic carbocycles. The molecule has 0 fully saturated rings. The van der Waals surface area contributed by atoms with E-state index in [0.717, 1.165) is 5.69 Å². The number of nitrogens with zero attached hydrogens (tertiary/aromatic N) is 2. The Kier molecular flexibility index (Phi) is 6.21. The Bertz CT molecular complexity index is 703. The molecule has 0 saturated carbocycles. The molecule has 0 aliphatic carbocycles. The highest BCUT2D eigenvalue weighted by molar-refractivity contribution is 5.92. The van der Waals surface area contributed by atoms with E-state index in [9.17, 15) is 9.59 Å². The Morgan fingerprint density at radius 2 is 1.96 bits per heavy atom. The minimum absolute atomic E-state index is 0.143. The van der Waals surface area contributed by atoms with Gasteiger partial charge in [-0.3, -0.25) is 9.59 Å². The van der Waals surface area contributed by atoms with E-state index in [1.165, 1.54) is 19.3 Å². The molecule has 126 valence electrons. The van der Waals surface area contributed by atoms with Crippen LogP contribution in [-0.2, 0) is 9.53 Å². The third kappa shape index (κ3) is 5.33. The smallest absolute Gasteiger partial charge is 0.271 e. The molecule has 1 aromatic heterocycles. The van der Waals surface area contributed by atoms with Gasteiger partial charge in [0.1, 0.15) is 11.5 Å². The summed E-state index contributed by atoms with van der Waals surface area (Å²) in [6.07, 6.45) is 2.86. The SMILES string of the molecule is COCCNC(=O)c1cnc(Nc2cccc(NC(C)=O)c2)cn1. The number of aromatic nitrogens is 2. The van der Waals surface area contributed by atoms with Crippen molar-refractivity contribution in [3.05, 3.63) is 42.4 Å². The average molecular weight is 329 g/mol. The zero-order valence-electron chi connectivity index (χ0n) is 13.5. The summed E-state index contributed by atoms with van der Waals surface area (Å²) in [5.74, 6) is 0.0398. The second kappa shape index (κ2) is 8.59. The Balaban J connectivity index is 1.98. The summed E-state index contributed by atoms with van der Waals surface area (Å²) in [4.78, 5) is 31.1. The van der Waals surface area contributed by atoms with Crippen LogP contribution in [0.15, 0.2) is 36.7 Å². The minimum Gasteiger partial charge on any atom is -0.383 e. The van der Waals surface area contributed by atoms with Gasteiger partial charge < -0.3 is 20.7 Å². The summed E-state index contributed by atoms with van der Waals surface area (Å²) in [5, 5.41) is 8.43. The van der Waals surface area contributed by atoms with Gasteiger partial charge in [0.05, 0.1) is 19.0 Å². The molecular weight excluding hydrogens is 310 g/mol. The number of amides is 2. The fourth-order valence-corrected chi connectivity index (χ4v) is 1.89. The number of anilines is 3. The summed E-state index contributed by atoms with van der Waals surface area (Å²) in [6.45, 7) is 2.29. The second-order valence-electron chi connectivity index (χ2n) is 4.92. The van der Waals surface area contributed by atoms with Crippen molar-refractivity contribution in [1.29, 1.82) is 0 Å². The first-order valence-corrected chi connectivity index (χ1v) is 7.32. The van der Waals surface area contributed by atoms with Gasteiger partial charge in [0.25, 0.3) is 5.91 Å². The third-order valence-corrected chi connectivity index (χ3v) is 2.93. The number of methoxy groups -OCH3 is 1. The maximum atomic E-state index is 11.8. The first-order valence-electron chi connectivity index (χ1n) is 7.32. The van der Waals surface area contributed by atoms with Crippen molar-refractivity contribution in [3.63, 3.8) is 0 Å². The molecule has 1 heterocycles. The molecule has 0 aliphatic heterocycles. The van der Waals surface area contributed by atoms with Crippen LogP contribution in [0.1, 0.15) is 17.4 Å². The molecule has 0 bridgehead atoms. The van der Waals surface area contributed by atoms with Crippen LogP contribution < -0.4 is 16.0 Å². The number of nitrogens with one attached hydrogen (secondary N) is 3. The van der Waals surface area contributed by atoms with E-state index in [1.54, 1.807) is 25.3 Å². The third-order valence-electron chi connectivity index (χ3n) is 2.93. The van der Waals surface area contributed by atoms with E-state index in [-0.39, 0.29) is 17.5 Å². The van der Waals surface area contributed by atoms with Crippen molar-refractivity contribution in [3.8, 4) is 0 Å². The molecule has 2 amide bonds. The average Bonchev–Trinajstić information content (AvgIpc) is 2.55. The van der Waals surface area contributed by atoms with Crippen molar-refractivity contribution >= 4 is 29.0 Å². The summed E-state index contributed by atoms with van der Waals surface area (Å²) in [7, 11) is 1.56. The standard InChI is InChI=1S/C16H19N5O3/c1-11(22)20-12-4-3-5-13(8-12)21-15-10-18-14(9-19-15)16(23)17-6-7-24-2/h3-5,8-10H,6-7H2,1-2H3,(H,17,23)(H,19,21)(H,20,22). The van der Waals surface area contributed by atoms with Gasteiger partial charge in [0, 0.05) is 32.0 Å². The second-order valence-corrected chi connectivity index (χ2v) is 4.92. The maximum absolute atomic E-state index is 11.8. The van der Waals surface area contributed by atoms with Gasteiger partial charge in [-0.15, -0.1) is 0 Å². The van der Waals surface area contributed by atoms with Crippen molar-refractivity contribution < 1.29 is 14.3 Å². The van der Waals surface area contributed by atoms with E-state index in [4.69, 9.17) is 4.74 Å². The number of benzene rings is 1. The van der Waals surface area contributed by atoms with Gasteiger partial charge >= 0.3 is 0 Å². The molecule has 8 nitrogen and oxygen atoms in total. The number of carbonyl (C=O) groups excluding carboxylic acids is 2. The fourth-order valence-electron chi connectivity index (χ4n) is 1.89. The lowest BCUT2D eigenvalue weighted by Gasteiger charge is -2.08. The van der Waals surface area contributed by atoms with Crippen LogP contribution in [0.3, 0.4) is 0 Å². The molecule has 0 atom stereocenters. The summed E-state index contributed by atoms with van der Waals surface area (Å²) >= 11 is 0. The van der Waals surface area contributed by atoms with Crippen LogP contribution in [0.25, 0.3) is 0 Å². The lowest BCUT2D eigenvalue weighted by molar-refractivity contribution is -0.114. The van der Waals surface area contributed by atoms with Crippen LogP contribution in [0.4, 0.5) is 17.2 Å². The van der Waals surface area contributed by atoms with Gasteiger partial charge in [0.2, 0.25) is 5.91 Å². The first kappa shape index (κ1) is 17.4. The predicted octanol–water partition coefficient (Wildman–Crippen LogP) is 1.55. The van der Waals surface area contributed by atoms with E-state index < -0.39 is 0 Å². The summed E-state index contributed by atoms with van der Waals surface area (Å²) < 4.78 is 4.86. The van der Waals surface area contributed by atoms with E-state index >= 15 is 0 Å². The predicted molar refractivity (Wildman–Crippen MR) is 90.3 cm³/mol. The topological polar surface area (TPSA) is 105 Å². The van der Waals surface area contributed by atoms with Crippen molar-refractivity contribution in [2.45, 2.75) is 6.92 Å². The van der Waals surface area contributed by atoms with Crippen LogP contribution >= 0.6 is 0 Å². The first-order chi connectivity index (χ1) is 11.6. The number of hydrogen-bond acceptors (Lipinski definition) is 6. The Morgan fingerprint density at radius 3 is 2.62 bits per heavy atom. The Morgan fingerprint density at radius 1 is 1.17 bits per heavy atom. The molecule has 0 unspecified atom stereocenters.